The van der Waals surface area contributed by atoms with E-state index < -0.39 is 12.1 Å². The van der Waals surface area contributed by atoms with Crippen LogP contribution in [0.4, 0.5) is 0 Å². The van der Waals surface area contributed by atoms with Gasteiger partial charge in [-0.1, -0.05) is 6.07 Å². The Morgan fingerprint density at radius 2 is 2.11 bits per heavy atom. The summed E-state index contributed by atoms with van der Waals surface area (Å²) in [5, 5.41) is 19.9. The molecule has 0 unspecified atom stereocenters. The number of carbonyl (C=O) groups excluding carboxylic acids is 2. The van der Waals surface area contributed by atoms with Gasteiger partial charge in [-0.05, 0) is 43.9 Å². The Morgan fingerprint density at radius 1 is 1.22 bits per heavy atom. The Kier molecular flexibility index (Phi) is 6.54. The van der Waals surface area contributed by atoms with E-state index in [1.54, 1.807) is 24.7 Å². The summed E-state index contributed by atoms with van der Waals surface area (Å²) in [6.45, 7) is 0.666. The predicted octanol–water partition coefficient (Wildman–Crippen LogP) is 0.283. The van der Waals surface area contributed by atoms with Crippen molar-refractivity contribution in [1.82, 2.24) is 25.4 Å². The van der Waals surface area contributed by atoms with Crippen molar-refractivity contribution >= 4 is 11.8 Å². The van der Waals surface area contributed by atoms with Crippen LogP contribution in [-0.4, -0.2) is 50.4 Å². The predicted molar refractivity (Wildman–Crippen MR) is 98.5 cm³/mol. The normalized spacial score (nSPS) is 21.7. The van der Waals surface area contributed by atoms with E-state index in [9.17, 15) is 14.7 Å². The minimum Gasteiger partial charge on any atom is -0.391 e. The number of hydrogen-bond acceptors (Lipinski definition) is 5. The monoisotopic (exact) mass is 371 g/mol. The van der Waals surface area contributed by atoms with Crippen molar-refractivity contribution in [3.8, 4) is 0 Å². The van der Waals surface area contributed by atoms with E-state index in [0.717, 1.165) is 18.5 Å². The molecule has 2 aromatic heterocycles. The largest absolute Gasteiger partial charge is 0.391 e. The number of hydrogen-bond donors (Lipinski definition) is 3. The van der Waals surface area contributed by atoms with Crippen molar-refractivity contribution in [2.24, 2.45) is 5.92 Å². The zero-order valence-corrected chi connectivity index (χ0v) is 15.1. The van der Waals surface area contributed by atoms with Crippen molar-refractivity contribution < 1.29 is 14.7 Å². The Balaban J connectivity index is 1.37. The number of aryl methyl sites for hydroxylation is 1. The van der Waals surface area contributed by atoms with Crippen LogP contribution in [0.15, 0.2) is 42.9 Å². The van der Waals surface area contributed by atoms with E-state index in [1.807, 2.05) is 18.2 Å². The molecule has 3 rings (SSSR count). The minimum atomic E-state index is -0.712. The van der Waals surface area contributed by atoms with Gasteiger partial charge in [0.2, 0.25) is 11.8 Å². The lowest BCUT2D eigenvalue weighted by atomic mass is 10.1. The summed E-state index contributed by atoms with van der Waals surface area (Å²) < 4.78 is 1.52. The Bertz CT molecular complexity index is 735. The average Bonchev–Trinajstić information content (AvgIpc) is 3.29. The molecule has 1 saturated carbocycles. The van der Waals surface area contributed by atoms with E-state index in [-0.39, 0.29) is 24.3 Å². The van der Waals surface area contributed by atoms with Crippen LogP contribution < -0.4 is 10.6 Å². The highest BCUT2D eigenvalue weighted by Crippen LogP contribution is 2.26. The fourth-order valence-electron chi connectivity index (χ4n) is 3.35. The number of rotatable bonds is 8. The van der Waals surface area contributed by atoms with Crippen LogP contribution in [0.1, 0.15) is 25.0 Å². The Labute approximate surface area is 158 Å². The topological polar surface area (TPSA) is 109 Å². The first-order valence-electron chi connectivity index (χ1n) is 9.24. The molecule has 0 spiro atoms. The van der Waals surface area contributed by atoms with Gasteiger partial charge in [-0.3, -0.25) is 19.3 Å². The molecule has 27 heavy (non-hydrogen) atoms. The van der Waals surface area contributed by atoms with Gasteiger partial charge in [0.15, 0.2) is 0 Å². The van der Waals surface area contributed by atoms with Gasteiger partial charge in [0, 0.05) is 36.7 Å². The SMILES string of the molecule is O=C(Cn1cccn1)N[C@H]1C[C@H](C(=O)NCCCc2ccccn2)C[C@@H]1O. The number of carbonyl (C=O) groups is 2. The van der Waals surface area contributed by atoms with E-state index in [4.69, 9.17) is 0 Å². The number of aliphatic hydroxyl groups excluding tert-OH is 1. The first kappa shape index (κ1) is 19.0. The molecule has 1 aliphatic rings. The summed E-state index contributed by atoms with van der Waals surface area (Å²) in [4.78, 5) is 28.6. The molecule has 8 nitrogen and oxygen atoms in total. The maximum absolute atomic E-state index is 12.3. The number of amides is 2. The van der Waals surface area contributed by atoms with Crippen molar-refractivity contribution in [2.45, 2.75) is 44.4 Å². The van der Waals surface area contributed by atoms with Gasteiger partial charge in [0.1, 0.15) is 6.54 Å². The second kappa shape index (κ2) is 9.27. The van der Waals surface area contributed by atoms with Gasteiger partial charge in [-0.2, -0.15) is 5.10 Å². The molecule has 0 aromatic carbocycles. The molecule has 3 atom stereocenters. The summed E-state index contributed by atoms with van der Waals surface area (Å²) >= 11 is 0. The fourth-order valence-corrected chi connectivity index (χ4v) is 3.35. The van der Waals surface area contributed by atoms with Crippen molar-refractivity contribution in [2.75, 3.05) is 6.54 Å². The standard InChI is InChI=1S/C19H25N5O3/c25-17-12-14(11-16(17)23-18(26)13-24-10-4-9-22-24)19(27)21-8-3-6-15-5-1-2-7-20-15/h1-2,4-5,7,9-10,14,16-17,25H,3,6,8,11-13H2,(H,21,27)(H,23,26)/t14-,16-,17-/m0/s1. The molecule has 144 valence electrons. The number of pyridine rings is 1. The second-order valence-electron chi connectivity index (χ2n) is 6.83. The van der Waals surface area contributed by atoms with E-state index in [2.05, 4.69) is 20.7 Å². The lowest BCUT2D eigenvalue weighted by Gasteiger charge is -2.16. The molecular weight excluding hydrogens is 346 g/mol. The van der Waals surface area contributed by atoms with Crippen LogP contribution in [0.2, 0.25) is 0 Å². The van der Waals surface area contributed by atoms with Crippen molar-refractivity contribution in [3.05, 3.63) is 48.5 Å². The lowest BCUT2D eigenvalue weighted by Crippen LogP contribution is -2.41. The number of aromatic nitrogens is 3. The molecule has 8 heteroatoms. The maximum atomic E-state index is 12.3. The number of nitrogens with one attached hydrogen (secondary N) is 2. The van der Waals surface area contributed by atoms with Crippen LogP contribution in [0, 0.1) is 5.92 Å². The minimum absolute atomic E-state index is 0.0705. The molecule has 0 bridgehead atoms. The molecule has 3 N–H and O–H groups in total. The summed E-state index contributed by atoms with van der Waals surface area (Å²) in [5.74, 6) is -0.581. The third-order valence-corrected chi connectivity index (χ3v) is 4.75. The average molecular weight is 371 g/mol. The number of nitrogens with zero attached hydrogens (tertiary/aromatic N) is 3. The van der Waals surface area contributed by atoms with E-state index in [1.165, 1.54) is 4.68 Å². The van der Waals surface area contributed by atoms with Gasteiger partial charge in [0.05, 0.1) is 12.1 Å². The summed E-state index contributed by atoms with van der Waals surface area (Å²) in [7, 11) is 0. The third-order valence-electron chi connectivity index (χ3n) is 4.75. The summed E-state index contributed by atoms with van der Waals surface area (Å²) in [6.07, 6.45) is 6.77. The fraction of sp³-hybridized carbons (Fsp3) is 0.474. The first-order chi connectivity index (χ1) is 13.1. The smallest absolute Gasteiger partial charge is 0.242 e. The molecule has 2 aromatic rings. The molecule has 2 amide bonds. The first-order valence-corrected chi connectivity index (χ1v) is 9.24. The third kappa shape index (κ3) is 5.62. The van der Waals surface area contributed by atoms with Gasteiger partial charge >= 0.3 is 0 Å². The van der Waals surface area contributed by atoms with Crippen LogP contribution in [0.25, 0.3) is 0 Å². The summed E-state index contributed by atoms with van der Waals surface area (Å²) in [6, 6.07) is 7.12. The Morgan fingerprint density at radius 3 is 2.85 bits per heavy atom. The second-order valence-corrected chi connectivity index (χ2v) is 6.83. The number of aliphatic hydroxyl groups is 1. The van der Waals surface area contributed by atoms with Gasteiger partial charge in [0.25, 0.3) is 0 Å². The van der Waals surface area contributed by atoms with Crippen molar-refractivity contribution in [1.29, 1.82) is 0 Å². The molecule has 0 radical (unpaired) electrons. The van der Waals surface area contributed by atoms with Crippen LogP contribution in [0.3, 0.4) is 0 Å². The van der Waals surface area contributed by atoms with Gasteiger partial charge in [-0.25, -0.2) is 0 Å². The highest BCUT2D eigenvalue weighted by Gasteiger charge is 2.37. The highest BCUT2D eigenvalue weighted by atomic mass is 16.3. The molecule has 1 aliphatic carbocycles. The molecule has 0 aliphatic heterocycles. The highest BCUT2D eigenvalue weighted by molar-refractivity contribution is 5.80. The van der Waals surface area contributed by atoms with Crippen LogP contribution >= 0.6 is 0 Å². The zero-order chi connectivity index (χ0) is 19.1. The van der Waals surface area contributed by atoms with Gasteiger partial charge < -0.3 is 15.7 Å². The maximum Gasteiger partial charge on any atom is 0.242 e. The quantitative estimate of drug-likeness (QED) is 0.578. The molecular formula is C19H25N5O3. The Hall–Kier alpha value is -2.74. The zero-order valence-electron chi connectivity index (χ0n) is 15.1. The lowest BCUT2D eigenvalue weighted by molar-refractivity contribution is -0.125. The van der Waals surface area contributed by atoms with E-state index in [0.29, 0.717) is 19.4 Å². The molecule has 2 heterocycles. The van der Waals surface area contributed by atoms with E-state index >= 15 is 0 Å². The van der Waals surface area contributed by atoms with Crippen LogP contribution in [0.5, 0.6) is 0 Å². The molecule has 0 saturated heterocycles. The van der Waals surface area contributed by atoms with Crippen LogP contribution in [-0.2, 0) is 22.6 Å². The molecule has 1 fully saturated rings. The van der Waals surface area contributed by atoms with Gasteiger partial charge in [-0.15, -0.1) is 0 Å². The van der Waals surface area contributed by atoms with Crippen molar-refractivity contribution in [3.63, 3.8) is 0 Å². The summed E-state index contributed by atoms with van der Waals surface area (Å²) in [5.41, 5.74) is 1.00.